The van der Waals surface area contributed by atoms with Gasteiger partial charge in [0.25, 0.3) is 5.91 Å². The molecule has 0 aliphatic carbocycles. The van der Waals surface area contributed by atoms with E-state index in [9.17, 15) is 18.4 Å². The molecule has 222 valence electrons. The van der Waals surface area contributed by atoms with Gasteiger partial charge in [0.1, 0.15) is 24.8 Å². The van der Waals surface area contributed by atoms with Gasteiger partial charge in [-0.15, -0.1) is 0 Å². The molecule has 42 heavy (non-hydrogen) atoms. The maximum absolute atomic E-state index is 13.9. The molecule has 0 radical (unpaired) electrons. The Morgan fingerprint density at radius 3 is 2.45 bits per heavy atom. The normalized spacial score (nSPS) is 11.5. The molecule has 4 aromatic rings. The molecule has 0 saturated carbocycles. The number of nitrogens with two attached hydrogens (primary N) is 1. The van der Waals surface area contributed by atoms with Crippen LogP contribution >= 0.6 is 34.8 Å². The fourth-order valence-electron chi connectivity index (χ4n) is 4.09. The summed E-state index contributed by atoms with van der Waals surface area (Å²) in [6.07, 6.45) is 0. The molecule has 0 bridgehead atoms. The van der Waals surface area contributed by atoms with Crippen LogP contribution in [0.25, 0.3) is 11.0 Å². The van der Waals surface area contributed by atoms with E-state index in [0.717, 1.165) is 0 Å². The Balaban J connectivity index is 1.82. The van der Waals surface area contributed by atoms with Crippen molar-refractivity contribution < 1.29 is 23.1 Å². The number of nitrogens with one attached hydrogen (secondary N) is 2. The Bertz CT molecular complexity index is 1670. The van der Waals surface area contributed by atoms with Crippen molar-refractivity contribution in [3.05, 3.63) is 80.0 Å². The van der Waals surface area contributed by atoms with Crippen LogP contribution in [0.5, 0.6) is 5.75 Å². The number of ether oxygens (including phenoxy) is 1. The molecule has 0 atom stereocenters. The number of fused-ring (bicyclic) bond motifs is 1. The van der Waals surface area contributed by atoms with E-state index in [-0.39, 0.29) is 57.9 Å². The quantitative estimate of drug-likeness (QED) is 0.173. The van der Waals surface area contributed by atoms with Crippen molar-refractivity contribution in [1.82, 2.24) is 14.9 Å². The molecule has 0 saturated heterocycles. The van der Waals surface area contributed by atoms with Crippen molar-refractivity contribution in [3.8, 4) is 5.75 Å². The zero-order chi connectivity index (χ0) is 30.8. The van der Waals surface area contributed by atoms with Gasteiger partial charge in [-0.3, -0.25) is 9.59 Å². The van der Waals surface area contributed by atoms with Crippen LogP contribution in [-0.4, -0.2) is 34.6 Å². The van der Waals surface area contributed by atoms with E-state index in [1.165, 1.54) is 24.3 Å². The summed E-state index contributed by atoms with van der Waals surface area (Å²) in [5.74, 6) is -1.18. The summed E-state index contributed by atoms with van der Waals surface area (Å²) in [6.45, 7) is 4.64. The summed E-state index contributed by atoms with van der Waals surface area (Å²) >= 11 is 19.3. The fraction of sp³-hybridized carbons (Fsp3) is 0.276. The van der Waals surface area contributed by atoms with E-state index in [1.54, 1.807) is 43.5 Å². The lowest BCUT2D eigenvalue weighted by Gasteiger charge is -2.19. The number of halogens is 5. The first-order valence-corrected chi connectivity index (χ1v) is 13.9. The van der Waals surface area contributed by atoms with Crippen LogP contribution in [0.4, 0.5) is 20.4 Å². The minimum absolute atomic E-state index is 0.0182. The number of hydrogen-bond donors (Lipinski definition) is 3. The number of anilines is 2. The number of amides is 2. The van der Waals surface area contributed by atoms with Gasteiger partial charge in [0, 0.05) is 18.0 Å². The molecular weight excluding hydrogens is 611 g/mol. The summed E-state index contributed by atoms with van der Waals surface area (Å²) in [5, 5.41) is 6.50. The first kappa shape index (κ1) is 31.3. The van der Waals surface area contributed by atoms with E-state index in [1.807, 2.05) is 0 Å². The Morgan fingerprint density at radius 2 is 1.81 bits per heavy atom. The average molecular weight is 639 g/mol. The Labute approximate surface area is 256 Å². The highest BCUT2D eigenvalue weighted by atomic mass is 35.5. The predicted molar refractivity (Wildman–Crippen MR) is 161 cm³/mol. The molecule has 0 aliphatic heterocycles. The van der Waals surface area contributed by atoms with Gasteiger partial charge >= 0.3 is 0 Å². The molecule has 0 spiro atoms. The molecule has 4 rings (SSSR count). The Hall–Kier alpha value is -3.60. The van der Waals surface area contributed by atoms with Crippen LogP contribution in [0.2, 0.25) is 15.1 Å². The monoisotopic (exact) mass is 637 g/mol. The molecule has 0 fully saturated rings. The number of carbonyl (C=O) groups excluding carboxylic acids is 2. The van der Waals surface area contributed by atoms with Gasteiger partial charge in [-0.25, -0.2) is 13.8 Å². The molecule has 1 heterocycles. The highest BCUT2D eigenvalue weighted by Gasteiger charge is 2.23. The van der Waals surface area contributed by atoms with Gasteiger partial charge in [0.2, 0.25) is 11.9 Å². The standard InChI is InChI=1S/C29H28Cl3F2N5O3/c1-29(2,3)27(41)36-13-16-5-6-18(30)25(24(16)32)38-28-37-21-11-17(26(35)40)23(42-9-8-33)12-22(21)39(28)14-15-4-7-20(34)19(31)10-15/h4-7,10-12H,8-9,13-14H2,1-3H3,(H2,35,40)(H,36,41)(H,37,38). The molecule has 0 unspecified atom stereocenters. The third-order valence-corrected chi connectivity index (χ3v) is 7.34. The summed E-state index contributed by atoms with van der Waals surface area (Å²) in [5.41, 5.74) is 7.37. The van der Waals surface area contributed by atoms with Crippen LogP contribution in [0.15, 0.2) is 42.5 Å². The summed E-state index contributed by atoms with van der Waals surface area (Å²) in [4.78, 5) is 29.2. The second-order valence-corrected chi connectivity index (χ2v) is 11.7. The predicted octanol–water partition coefficient (Wildman–Crippen LogP) is 7.04. The van der Waals surface area contributed by atoms with Gasteiger partial charge in [-0.05, 0) is 35.4 Å². The van der Waals surface area contributed by atoms with Gasteiger partial charge in [-0.1, -0.05) is 67.7 Å². The van der Waals surface area contributed by atoms with Crippen LogP contribution in [-0.2, 0) is 17.9 Å². The highest BCUT2D eigenvalue weighted by molar-refractivity contribution is 6.39. The lowest BCUT2D eigenvalue weighted by atomic mass is 9.95. The van der Waals surface area contributed by atoms with Gasteiger partial charge < -0.3 is 25.7 Å². The van der Waals surface area contributed by atoms with Crippen molar-refractivity contribution in [1.29, 1.82) is 0 Å². The number of hydrogen-bond acceptors (Lipinski definition) is 5. The first-order chi connectivity index (χ1) is 19.8. The second kappa shape index (κ2) is 12.7. The minimum Gasteiger partial charge on any atom is -0.490 e. The number of benzene rings is 3. The fourth-order valence-corrected chi connectivity index (χ4v) is 4.82. The Kier molecular flexibility index (Phi) is 9.50. The molecule has 2 amide bonds. The van der Waals surface area contributed by atoms with E-state index in [2.05, 4.69) is 15.6 Å². The number of rotatable bonds is 10. The molecule has 3 aromatic carbocycles. The van der Waals surface area contributed by atoms with Crippen molar-refractivity contribution in [2.24, 2.45) is 11.1 Å². The lowest BCUT2D eigenvalue weighted by Crippen LogP contribution is -2.34. The number of aromatic nitrogens is 2. The van der Waals surface area contributed by atoms with Crippen LogP contribution in [0.3, 0.4) is 0 Å². The molecule has 4 N–H and O–H groups in total. The number of carbonyl (C=O) groups is 2. The Morgan fingerprint density at radius 1 is 1.07 bits per heavy atom. The molecule has 0 aliphatic rings. The smallest absolute Gasteiger partial charge is 0.252 e. The van der Waals surface area contributed by atoms with Crippen molar-refractivity contribution in [2.75, 3.05) is 18.6 Å². The summed E-state index contributed by atoms with van der Waals surface area (Å²) in [7, 11) is 0. The van der Waals surface area contributed by atoms with Crippen LogP contribution < -0.4 is 21.1 Å². The topological polar surface area (TPSA) is 111 Å². The van der Waals surface area contributed by atoms with Gasteiger partial charge in [-0.2, -0.15) is 0 Å². The second-order valence-electron chi connectivity index (χ2n) is 10.5. The maximum Gasteiger partial charge on any atom is 0.252 e. The van der Waals surface area contributed by atoms with Crippen molar-refractivity contribution in [3.63, 3.8) is 0 Å². The SMILES string of the molecule is CC(C)(C)C(=O)NCc1ccc(Cl)c(Nc2nc3cc(C(N)=O)c(OCCF)cc3n2Cc2ccc(F)c(Cl)c2)c1Cl. The third kappa shape index (κ3) is 6.88. The maximum atomic E-state index is 13.9. The van der Waals surface area contributed by atoms with Crippen LogP contribution in [0, 0.1) is 11.2 Å². The third-order valence-electron chi connectivity index (χ3n) is 6.30. The number of primary amides is 1. The average Bonchev–Trinajstić information content (AvgIpc) is 3.25. The van der Waals surface area contributed by atoms with E-state index < -0.39 is 23.8 Å². The largest absolute Gasteiger partial charge is 0.490 e. The van der Waals surface area contributed by atoms with Gasteiger partial charge in [0.05, 0.1) is 43.9 Å². The summed E-state index contributed by atoms with van der Waals surface area (Å²) in [6, 6.07) is 10.6. The lowest BCUT2D eigenvalue weighted by molar-refractivity contribution is -0.128. The number of nitrogens with zero attached hydrogens (tertiary/aromatic N) is 2. The zero-order valence-corrected chi connectivity index (χ0v) is 25.2. The van der Waals surface area contributed by atoms with E-state index in [4.69, 9.17) is 45.3 Å². The molecular formula is C29H28Cl3F2N5O3. The first-order valence-electron chi connectivity index (χ1n) is 12.8. The van der Waals surface area contributed by atoms with E-state index >= 15 is 0 Å². The molecule has 8 nitrogen and oxygen atoms in total. The van der Waals surface area contributed by atoms with Crippen molar-refractivity contribution >= 4 is 69.3 Å². The zero-order valence-electron chi connectivity index (χ0n) is 23.0. The van der Waals surface area contributed by atoms with Crippen molar-refractivity contribution in [2.45, 2.75) is 33.9 Å². The number of alkyl halides is 1. The number of imidazole rings is 1. The van der Waals surface area contributed by atoms with Gasteiger partial charge in [0.15, 0.2) is 0 Å². The minimum atomic E-state index is -0.781. The highest BCUT2D eigenvalue weighted by Crippen LogP contribution is 2.37. The molecule has 13 heteroatoms. The van der Waals surface area contributed by atoms with E-state index in [0.29, 0.717) is 27.8 Å². The molecule has 1 aromatic heterocycles. The van der Waals surface area contributed by atoms with Crippen LogP contribution in [0.1, 0.15) is 42.3 Å². The summed E-state index contributed by atoms with van der Waals surface area (Å²) < 4.78 is 34.0.